The van der Waals surface area contributed by atoms with E-state index >= 15 is 0 Å². The van der Waals surface area contributed by atoms with Gasteiger partial charge in [-0.25, -0.2) is 9.97 Å². The molecule has 0 unspecified atom stereocenters. The number of hydrogen-bond acceptors (Lipinski definition) is 5. The average molecular weight is 370 g/mol. The van der Waals surface area contributed by atoms with E-state index in [1.54, 1.807) is 11.3 Å². The Morgan fingerprint density at radius 2 is 1.96 bits per heavy atom. The standard InChI is InChI=1S/C20H24N4OS/c1-2-8-21-19-18-16(15-6-4-3-5-7-15)14-26-20(18)23-17(22-19)13-24-9-11-25-12-10-24/h3-7,14H,2,8-13H2,1H3,(H,21,22,23)/p+1. The van der Waals surface area contributed by atoms with E-state index in [1.807, 2.05) is 6.07 Å². The lowest BCUT2D eigenvalue weighted by Gasteiger charge is -2.23. The molecular formula is C20H25N4OS+. The molecule has 26 heavy (non-hydrogen) atoms. The second kappa shape index (κ2) is 8.12. The van der Waals surface area contributed by atoms with Gasteiger partial charge in [-0.15, -0.1) is 11.3 Å². The average Bonchev–Trinajstić information content (AvgIpc) is 3.12. The van der Waals surface area contributed by atoms with Crippen molar-refractivity contribution in [2.24, 2.45) is 0 Å². The van der Waals surface area contributed by atoms with Crippen LogP contribution in [-0.2, 0) is 11.3 Å². The van der Waals surface area contributed by atoms with E-state index in [9.17, 15) is 0 Å². The van der Waals surface area contributed by atoms with Crippen LogP contribution in [0.4, 0.5) is 5.82 Å². The summed E-state index contributed by atoms with van der Waals surface area (Å²) in [6, 6.07) is 10.5. The molecule has 0 bridgehead atoms. The van der Waals surface area contributed by atoms with Crippen LogP contribution in [0.15, 0.2) is 35.7 Å². The van der Waals surface area contributed by atoms with Crippen molar-refractivity contribution in [3.8, 4) is 11.1 Å². The monoisotopic (exact) mass is 369 g/mol. The van der Waals surface area contributed by atoms with Crippen LogP contribution in [0.5, 0.6) is 0 Å². The zero-order chi connectivity index (χ0) is 17.8. The van der Waals surface area contributed by atoms with Crippen molar-refractivity contribution in [3.63, 3.8) is 0 Å². The van der Waals surface area contributed by atoms with Crippen molar-refractivity contribution >= 4 is 27.4 Å². The number of benzene rings is 1. The summed E-state index contributed by atoms with van der Waals surface area (Å²) in [6.45, 7) is 7.66. The molecule has 1 saturated heterocycles. The van der Waals surface area contributed by atoms with Gasteiger partial charge in [-0.3, -0.25) is 0 Å². The Bertz CT molecular complexity index is 859. The van der Waals surface area contributed by atoms with Crippen molar-refractivity contribution < 1.29 is 9.64 Å². The smallest absolute Gasteiger partial charge is 0.187 e. The van der Waals surface area contributed by atoms with Crippen LogP contribution < -0.4 is 10.2 Å². The van der Waals surface area contributed by atoms with Crippen LogP contribution in [0, 0.1) is 0 Å². The van der Waals surface area contributed by atoms with E-state index in [0.717, 1.165) is 67.7 Å². The number of morpholine rings is 1. The van der Waals surface area contributed by atoms with E-state index in [-0.39, 0.29) is 0 Å². The maximum Gasteiger partial charge on any atom is 0.187 e. The van der Waals surface area contributed by atoms with Gasteiger partial charge in [0, 0.05) is 17.5 Å². The van der Waals surface area contributed by atoms with Gasteiger partial charge in [-0.1, -0.05) is 37.3 Å². The SMILES string of the molecule is CCCNc1nc(C[NH+]2CCOCC2)nc2scc(-c3ccccc3)c12. The minimum atomic E-state index is 0.829. The molecule has 6 heteroatoms. The number of hydrogen-bond donors (Lipinski definition) is 2. The molecule has 0 atom stereocenters. The maximum atomic E-state index is 5.46. The number of aromatic nitrogens is 2. The summed E-state index contributed by atoms with van der Waals surface area (Å²) in [5.74, 6) is 1.90. The van der Waals surface area contributed by atoms with Crippen LogP contribution in [0.2, 0.25) is 0 Å². The Morgan fingerprint density at radius 1 is 1.15 bits per heavy atom. The maximum absolute atomic E-state index is 5.46. The second-order valence-electron chi connectivity index (χ2n) is 6.65. The molecule has 1 aliphatic rings. The van der Waals surface area contributed by atoms with E-state index in [2.05, 4.69) is 41.9 Å². The van der Waals surface area contributed by atoms with E-state index in [0.29, 0.717) is 0 Å². The third-order valence-corrected chi connectivity index (χ3v) is 5.59. The number of fused-ring (bicyclic) bond motifs is 1. The van der Waals surface area contributed by atoms with Crippen LogP contribution in [0.3, 0.4) is 0 Å². The normalized spacial score (nSPS) is 15.4. The quantitative estimate of drug-likeness (QED) is 0.701. The highest BCUT2D eigenvalue weighted by Crippen LogP contribution is 2.36. The van der Waals surface area contributed by atoms with Gasteiger partial charge in [0.1, 0.15) is 30.3 Å². The Hall–Kier alpha value is -2.02. The Labute approximate surface area is 158 Å². The lowest BCUT2D eigenvalue weighted by Crippen LogP contribution is -3.12. The highest BCUT2D eigenvalue weighted by molar-refractivity contribution is 7.17. The van der Waals surface area contributed by atoms with E-state index < -0.39 is 0 Å². The molecule has 1 aliphatic heterocycles. The van der Waals surface area contributed by atoms with Crippen molar-refractivity contribution in [1.82, 2.24) is 9.97 Å². The van der Waals surface area contributed by atoms with E-state index in [4.69, 9.17) is 14.7 Å². The summed E-state index contributed by atoms with van der Waals surface area (Å²) >= 11 is 1.71. The number of quaternary nitrogens is 1. The van der Waals surface area contributed by atoms with Crippen molar-refractivity contribution in [2.45, 2.75) is 19.9 Å². The van der Waals surface area contributed by atoms with Crippen LogP contribution in [0.1, 0.15) is 19.2 Å². The fourth-order valence-corrected chi connectivity index (χ4v) is 4.29. The largest absolute Gasteiger partial charge is 0.370 e. The molecule has 0 spiro atoms. The van der Waals surface area contributed by atoms with Gasteiger partial charge in [0.2, 0.25) is 0 Å². The first-order chi connectivity index (χ1) is 12.8. The molecule has 0 aliphatic carbocycles. The van der Waals surface area contributed by atoms with Gasteiger partial charge < -0.3 is 15.0 Å². The lowest BCUT2D eigenvalue weighted by molar-refractivity contribution is -0.922. The zero-order valence-corrected chi connectivity index (χ0v) is 15.9. The molecule has 1 fully saturated rings. The highest BCUT2D eigenvalue weighted by Gasteiger charge is 2.19. The van der Waals surface area contributed by atoms with Gasteiger partial charge in [0.25, 0.3) is 0 Å². The molecule has 2 aromatic heterocycles. The fourth-order valence-electron chi connectivity index (χ4n) is 3.33. The molecule has 0 radical (unpaired) electrons. The summed E-state index contributed by atoms with van der Waals surface area (Å²) in [5.41, 5.74) is 2.43. The third-order valence-electron chi connectivity index (χ3n) is 4.72. The summed E-state index contributed by atoms with van der Waals surface area (Å²) in [5, 5.41) is 6.89. The molecular weight excluding hydrogens is 344 g/mol. The number of thiophene rings is 1. The van der Waals surface area contributed by atoms with Crippen LogP contribution in [0.25, 0.3) is 21.3 Å². The van der Waals surface area contributed by atoms with Gasteiger partial charge >= 0.3 is 0 Å². The van der Waals surface area contributed by atoms with Gasteiger partial charge in [-0.2, -0.15) is 0 Å². The molecule has 3 aromatic rings. The minimum absolute atomic E-state index is 0.829. The minimum Gasteiger partial charge on any atom is -0.370 e. The first kappa shape index (κ1) is 17.4. The summed E-state index contributed by atoms with van der Waals surface area (Å²) in [4.78, 5) is 12.4. The van der Waals surface area contributed by atoms with Gasteiger partial charge in [-0.05, 0) is 12.0 Å². The number of nitrogens with zero attached hydrogens (tertiary/aromatic N) is 2. The topological polar surface area (TPSA) is 51.5 Å². The number of nitrogens with one attached hydrogen (secondary N) is 2. The Kier molecular flexibility index (Phi) is 5.43. The summed E-state index contributed by atoms with van der Waals surface area (Å²) in [7, 11) is 0. The van der Waals surface area contributed by atoms with Crippen molar-refractivity contribution in [1.29, 1.82) is 0 Å². The van der Waals surface area contributed by atoms with Gasteiger partial charge in [0.15, 0.2) is 5.82 Å². The van der Waals surface area contributed by atoms with Crippen LogP contribution >= 0.6 is 11.3 Å². The highest BCUT2D eigenvalue weighted by atomic mass is 32.1. The molecule has 3 heterocycles. The lowest BCUT2D eigenvalue weighted by atomic mass is 10.1. The van der Waals surface area contributed by atoms with Crippen LogP contribution in [-0.4, -0.2) is 42.8 Å². The number of ether oxygens (including phenoxy) is 1. The fraction of sp³-hybridized carbons (Fsp3) is 0.400. The molecule has 0 saturated carbocycles. The number of rotatable bonds is 6. The molecule has 2 N–H and O–H groups in total. The number of anilines is 1. The molecule has 1 aromatic carbocycles. The van der Waals surface area contributed by atoms with Crippen molar-refractivity contribution in [3.05, 3.63) is 41.5 Å². The zero-order valence-electron chi connectivity index (χ0n) is 15.1. The Morgan fingerprint density at radius 3 is 2.73 bits per heavy atom. The first-order valence-electron chi connectivity index (χ1n) is 9.34. The first-order valence-corrected chi connectivity index (χ1v) is 10.2. The Balaban J connectivity index is 1.72. The van der Waals surface area contributed by atoms with Crippen molar-refractivity contribution in [2.75, 3.05) is 38.2 Å². The molecule has 136 valence electrons. The summed E-state index contributed by atoms with van der Waals surface area (Å²) in [6.07, 6.45) is 1.07. The molecule has 5 nitrogen and oxygen atoms in total. The predicted molar refractivity (Wildman–Crippen MR) is 107 cm³/mol. The molecule has 0 amide bonds. The van der Waals surface area contributed by atoms with Gasteiger partial charge in [0.05, 0.1) is 18.6 Å². The third kappa shape index (κ3) is 3.72. The predicted octanol–water partition coefficient (Wildman–Crippen LogP) is 2.60. The summed E-state index contributed by atoms with van der Waals surface area (Å²) < 4.78 is 5.46. The molecule has 4 rings (SSSR count). The van der Waals surface area contributed by atoms with E-state index in [1.165, 1.54) is 16.0 Å². The second-order valence-corrected chi connectivity index (χ2v) is 7.51.